The Morgan fingerprint density at radius 2 is 1.96 bits per heavy atom. The average Bonchev–Trinajstić information content (AvgIpc) is 2.99. The lowest BCUT2D eigenvalue weighted by molar-refractivity contribution is 0.378. The van der Waals surface area contributed by atoms with E-state index >= 15 is 0 Å². The molecule has 0 saturated carbocycles. The van der Waals surface area contributed by atoms with Gasteiger partial charge in [0.05, 0.1) is 12.3 Å². The summed E-state index contributed by atoms with van der Waals surface area (Å²) in [4.78, 5) is 4.18. The van der Waals surface area contributed by atoms with Crippen molar-refractivity contribution in [3.05, 3.63) is 65.0 Å². The number of fused-ring (bicyclic) bond motifs is 1. The molecule has 23 heavy (non-hydrogen) atoms. The summed E-state index contributed by atoms with van der Waals surface area (Å²) in [5.41, 5.74) is 4.66. The summed E-state index contributed by atoms with van der Waals surface area (Å²) in [7, 11) is -3.32. The number of sulfonamides is 1. The molecule has 0 spiro atoms. The topological polar surface area (TPSA) is 50.3 Å². The lowest BCUT2D eigenvalue weighted by Crippen LogP contribution is -2.34. The molecule has 4 nitrogen and oxygen atoms in total. The van der Waals surface area contributed by atoms with Crippen molar-refractivity contribution in [1.82, 2.24) is 9.29 Å². The van der Waals surface area contributed by atoms with E-state index in [1.165, 1.54) is 23.8 Å². The van der Waals surface area contributed by atoms with Gasteiger partial charge in [-0.3, -0.25) is 4.98 Å². The van der Waals surface area contributed by atoms with Gasteiger partial charge in [-0.1, -0.05) is 31.2 Å². The van der Waals surface area contributed by atoms with E-state index in [0.29, 0.717) is 6.54 Å². The maximum Gasteiger partial charge on any atom is 0.212 e. The molecular weight excluding hydrogens is 308 g/mol. The molecule has 1 aromatic heterocycles. The molecule has 1 heterocycles. The second-order valence-electron chi connectivity index (χ2n) is 6.04. The van der Waals surface area contributed by atoms with Crippen molar-refractivity contribution >= 4 is 10.0 Å². The average molecular weight is 330 g/mol. The van der Waals surface area contributed by atoms with Crippen LogP contribution in [-0.2, 0) is 22.9 Å². The lowest BCUT2D eigenvalue weighted by atomic mass is 9.96. The van der Waals surface area contributed by atoms with Crippen LogP contribution in [0.1, 0.15) is 41.6 Å². The quantitative estimate of drug-likeness (QED) is 0.847. The molecule has 2 aromatic rings. The van der Waals surface area contributed by atoms with Gasteiger partial charge >= 0.3 is 0 Å². The van der Waals surface area contributed by atoms with Crippen LogP contribution in [0.5, 0.6) is 0 Å². The molecule has 0 fully saturated rings. The van der Waals surface area contributed by atoms with Gasteiger partial charge in [0.1, 0.15) is 0 Å². The zero-order chi connectivity index (χ0) is 16.4. The van der Waals surface area contributed by atoms with E-state index in [-0.39, 0.29) is 6.04 Å². The monoisotopic (exact) mass is 330 g/mol. The Morgan fingerprint density at radius 1 is 1.17 bits per heavy atom. The highest BCUT2D eigenvalue weighted by Gasteiger charge is 2.29. The Balaban J connectivity index is 2.12. The second kappa shape index (κ2) is 6.42. The van der Waals surface area contributed by atoms with Gasteiger partial charge in [-0.25, -0.2) is 8.42 Å². The maximum absolute atomic E-state index is 12.3. The summed E-state index contributed by atoms with van der Waals surface area (Å²) in [6, 6.07) is 9.86. The third kappa shape index (κ3) is 3.31. The van der Waals surface area contributed by atoms with E-state index in [4.69, 9.17) is 0 Å². The third-order valence-corrected chi connectivity index (χ3v) is 5.79. The minimum atomic E-state index is -3.32. The normalized spacial score (nSPS) is 15.6. The van der Waals surface area contributed by atoms with Crippen LogP contribution in [0.15, 0.2) is 42.7 Å². The highest BCUT2D eigenvalue weighted by molar-refractivity contribution is 7.88. The Labute approximate surface area is 138 Å². The minimum Gasteiger partial charge on any atom is -0.264 e. The first-order valence-corrected chi connectivity index (χ1v) is 9.84. The highest BCUT2D eigenvalue weighted by atomic mass is 32.2. The number of hydrogen-bond donors (Lipinski definition) is 0. The van der Waals surface area contributed by atoms with Gasteiger partial charge in [0.15, 0.2) is 0 Å². The molecule has 122 valence electrons. The van der Waals surface area contributed by atoms with Crippen LogP contribution in [0.3, 0.4) is 0 Å². The molecule has 0 N–H and O–H groups in total. The van der Waals surface area contributed by atoms with Gasteiger partial charge in [0.2, 0.25) is 10.0 Å². The van der Waals surface area contributed by atoms with E-state index < -0.39 is 10.0 Å². The molecule has 3 rings (SSSR count). The van der Waals surface area contributed by atoms with Gasteiger partial charge in [-0.15, -0.1) is 0 Å². The van der Waals surface area contributed by atoms with Gasteiger partial charge in [0, 0.05) is 18.9 Å². The van der Waals surface area contributed by atoms with E-state index in [9.17, 15) is 8.42 Å². The zero-order valence-corrected chi connectivity index (χ0v) is 14.4. The van der Waals surface area contributed by atoms with Crippen LogP contribution in [-0.4, -0.2) is 30.5 Å². The summed E-state index contributed by atoms with van der Waals surface area (Å²) in [6.45, 7) is 2.30. The van der Waals surface area contributed by atoms with Crippen LogP contribution >= 0.6 is 0 Å². The molecule has 0 saturated heterocycles. The predicted octanol–water partition coefficient (Wildman–Crippen LogP) is 2.94. The van der Waals surface area contributed by atoms with Gasteiger partial charge in [-0.05, 0) is 47.6 Å². The Kier molecular flexibility index (Phi) is 4.50. The first kappa shape index (κ1) is 16.1. The molecule has 1 aliphatic carbocycles. The van der Waals surface area contributed by atoms with E-state index in [2.05, 4.69) is 23.2 Å². The fourth-order valence-electron chi connectivity index (χ4n) is 3.43. The number of rotatable bonds is 5. The summed E-state index contributed by atoms with van der Waals surface area (Å²) in [6.07, 6.45) is 8.11. The van der Waals surface area contributed by atoms with Gasteiger partial charge in [-0.2, -0.15) is 4.31 Å². The van der Waals surface area contributed by atoms with E-state index in [0.717, 1.165) is 24.0 Å². The SMILES string of the molecule is CCN([C@H](c1cccnc1)c1ccc2c(c1)CCC2)S(C)(=O)=O. The number of hydrogen-bond acceptors (Lipinski definition) is 3. The highest BCUT2D eigenvalue weighted by Crippen LogP contribution is 2.33. The van der Waals surface area contributed by atoms with Crippen LogP contribution < -0.4 is 0 Å². The van der Waals surface area contributed by atoms with Crippen LogP contribution in [0, 0.1) is 0 Å². The second-order valence-corrected chi connectivity index (χ2v) is 7.97. The lowest BCUT2D eigenvalue weighted by Gasteiger charge is -2.29. The molecule has 0 radical (unpaired) electrons. The van der Waals surface area contributed by atoms with Crippen molar-refractivity contribution in [3.63, 3.8) is 0 Å². The van der Waals surface area contributed by atoms with E-state index in [1.54, 1.807) is 16.7 Å². The largest absolute Gasteiger partial charge is 0.264 e. The van der Waals surface area contributed by atoms with Crippen LogP contribution in [0.25, 0.3) is 0 Å². The smallest absolute Gasteiger partial charge is 0.212 e. The van der Waals surface area contributed by atoms with E-state index in [1.807, 2.05) is 19.1 Å². The summed E-state index contributed by atoms with van der Waals surface area (Å²) >= 11 is 0. The van der Waals surface area contributed by atoms with Crippen LogP contribution in [0.4, 0.5) is 0 Å². The molecule has 1 aliphatic rings. The Hall–Kier alpha value is -1.72. The van der Waals surface area contributed by atoms with Crippen LogP contribution in [0.2, 0.25) is 0 Å². The third-order valence-electron chi connectivity index (χ3n) is 4.46. The number of aryl methyl sites for hydroxylation is 2. The number of pyridine rings is 1. The van der Waals surface area contributed by atoms with Crippen molar-refractivity contribution in [2.45, 2.75) is 32.2 Å². The van der Waals surface area contributed by atoms with Crippen molar-refractivity contribution < 1.29 is 8.42 Å². The van der Waals surface area contributed by atoms with Crippen molar-refractivity contribution in [1.29, 1.82) is 0 Å². The molecule has 0 bridgehead atoms. The molecular formula is C18H22N2O2S. The number of nitrogens with zero attached hydrogens (tertiary/aromatic N) is 2. The zero-order valence-electron chi connectivity index (χ0n) is 13.6. The molecule has 0 amide bonds. The summed E-state index contributed by atoms with van der Waals surface area (Å²) in [5.74, 6) is 0. The van der Waals surface area contributed by atoms with Crippen molar-refractivity contribution in [2.75, 3.05) is 12.8 Å². The molecule has 0 aliphatic heterocycles. The first-order valence-electron chi connectivity index (χ1n) is 7.99. The fourth-order valence-corrected chi connectivity index (χ4v) is 4.53. The standard InChI is InChI=1S/C18H22N2O2S/c1-3-20(23(2,21)22)18(17-8-5-11-19-13-17)16-10-9-14-6-4-7-15(14)12-16/h5,8-13,18H,3-4,6-7H2,1-2H3/t18-/m0/s1. The number of aromatic nitrogens is 1. The Bertz CT molecular complexity index is 788. The van der Waals surface area contributed by atoms with Crippen molar-refractivity contribution in [3.8, 4) is 0 Å². The Morgan fingerprint density at radius 3 is 2.61 bits per heavy atom. The summed E-state index contributed by atoms with van der Waals surface area (Å²) < 4.78 is 26.1. The molecule has 1 aromatic carbocycles. The summed E-state index contributed by atoms with van der Waals surface area (Å²) in [5, 5.41) is 0. The number of benzene rings is 1. The molecule has 5 heteroatoms. The fraction of sp³-hybridized carbons (Fsp3) is 0.389. The minimum absolute atomic E-state index is 0.324. The first-order chi connectivity index (χ1) is 11.0. The van der Waals surface area contributed by atoms with Gasteiger partial charge in [0.25, 0.3) is 0 Å². The molecule has 1 atom stereocenters. The maximum atomic E-state index is 12.3. The van der Waals surface area contributed by atoms with Gasteiger partial charge < -0.3 is 0 Å². The molecule has 0 unspecified atom stereocenters. The van der Waals surface area contributed by atoms with Crippen molar-refractivity contribution in [2.24, 2.45) is 0 Å². The predicted molar refractivity (Wildman–Crippen MR) is 91.8 cm³/mol.